The molecule has 0 aliphatic carbocycles. The molecule has 3 N–H and O–H groups in total. The van der Waals surface area contributed by atoms with Crippen molar-refractivity contribution >= 4 is 11.5 Å². The summed E-state index contributed by atoms with van der Waals surface area (Å²) in [5.41, 5.74) is 7.76. The minimum absolute atomic E-state index is 0.815. The van der Waals surface area contributed by atoms with Crippen molar-refractivity contribution in [3.8, 4) is 0 Å². The van der Waals surface area contributed by atoms with Gasteiger partial charge in [0, 0.05) is 31.5 Å². The minimum atomic E-state index is 0.815. The molecule has 1 heterocycles. The van der Waals surface area contributed by atoms with Crippen molar-refractivity contribution in [3.05, 3.63) is 42.1 Å². The van der Waals surface area contributed by atoms with Crippen LogP contribution in [0.2, 0.25) is 0 Å². The molecule has 0 unspecified atom stereocenters. The number of anilines is 2. The second-order valence-electron chi connectivity index (χ2n) is 3.80. The average molecular weight is 216 g/mol. The van der Waals surface area contributed by atoms with Crippen molar-refractivity contribution in [2.75, 3.05) is 17.6 Å². The predicted molar refractivity (Wildman–Crippen MR) is 66.3 cm³/mol. The van der Waals surface area contributed by atoms with Gasteiger partial charge >= 0.3 is 0 Å². The van der Waals surface area contributed by atoms with Crippen LogP contribution in [-0.4, -0.2) is 16.3 Å². The Morgan fingerprint density at radius 2 is 2.25 bits per heavy atom. The Morgan fingerprint density at radius 3 is 2.94 bits per heavy atom. The molecule has 0 radical (unpaired) electrons. The summed E-state index contributed by atoms with van der Waals surface area (Å²) < 4.78 is 1.78. The predicted octanol–water partition coefficient (Wildman–Crippen LogP) is 1.66. The van der Waals surface area contributed by atoms with Crippen molar-refractivity contribution in [2.24, 2.45) is 7.05 Å². The van der Waals surface area contributed by atoms with Crippen molar-refractivity contribution in [3.63, 3.8) is 0 Å². The summed E-state index contributed by atoms with van der Waals surface area (Å²) in [6, 6.07) is 9.91. The van der Waals surface area contributed by atoms with Gasteiger partial charge in [0.2, 0.25) is 0 Å². The first kappa shape index (κ1) is 10.5. The second-order valence-corrected chi connectivity index (χ2v) is 3.80. The largest absolute Gasteiger partial charge is 0.399 e. The molecule has 1 aromatic carbocycles. The number of nitrogens with zero attached hydrogens (tertiary/aromatic N) is 2. The number of aryl methyl sites for hydroxylation is 1. The maximum atomic E-state index is 5.71. The van der Waals surface area contributed by atoms with E-state index in [2.05, 4.69) is 16.5 Å². The Labute approximate surface area is 95.1 Å². The number of nitrogens with two attached hydrogens (primary N) is 1. The third-order valence-corrected chi connectivity index (χ3v) is 2.38. The molecule has 4 heteroatoms. The Kier molecular flexibility index (Phi) is 3.10. The van der Waals surface area contributed by atoms with Crippen LogP contribution >= 0.6 is 0 Å². The first-order valence-corrected chi connectivity index (χ1v) is 5.32. The Morgan fingerprint density at radius 1 is 1.38 bits per heavy atom. The van der Waals surface area contributed by atoms with Crippen molar-refractivity contribution in [1.29, 1.82) is 0 Å². The molecule has 0 saturated carbocycles. The minimum Gasteiger partial charge on any atom is -0.399 e. The van der Waals surface area contributed by atoms with Crippen LogP contribution in [0.3, 0.4) is 0 Å². The highest BCUT2D eigenvalue weighted by Gasteiger charge is 1.96. The molecule has 0 saturated heterocycles. The zero-order valence-electron chi connectivity index (χ0n) is 9.35. The van der Waals surface area contributed by atoms with Crippen LogP contribution in [0.5, 0.6) is 0 Å². The molecule has 0 bridgehead atoms. The lowest BCUT2D eigenvalue weighted by atomic mass is 10.1. The third-order valence-electron chi connectivity index (χ3n) is 2.38. The van der Waals surface area contributed by atoms with Gasteiger partial charge in [-0.2, -0.15) is 5.10 Å². The van der Waals surface area contributed by atoms with Crippen LogP contribution in [0.1, 0.15) is 5.56 Å². The van der Waals surface area contributed by atoms with E-state index >= 15 is 0 Å². The van der Waals surface area contributed by atoms with Gasteiger partial charge in [-0.05, 0) is 24.1 Å². The number of rotatable bonds is 4. The van der Waals surface area contributed by atoms with Gasteiger partial charge in [-0.25, -0.2) is 0 Å². The quantitative estimate of drug-likeness (QED) is 0.764. The van der Waals surface area contributed by atoms with Crippen LogP contribution < -0.4 is 11.1 Å². The molecule has 84 valence electrons. The van der Waals surface area contributed by atoms with E-state index in [0.717, 1.165) is 24.5 Å². The first-order valence-electron chi connectivity index (χ1n) is 5.32. The molecule has 1 aromatic heterocycles. The molecule has 0 fully saturated rings. The highest BCUT2D eigenvalue weighted by atomic mass is 15.3. The summed E-state index contributed by atoms with van der Waals surface area (Å²) in [5.74, 6) is 0.909. The van der Waals surface area contributed by atoms with E-state index in [1.165, 1.54) is 5.56 Å². The van der Waals surface area contributed by atoms with E-state index in [-0.39, 0.29) is 0 Å². The van der Waals surface area contributed by atoms with Gasteiger partial charge in [0.15, 0.2) is 0 Å². The van der Waals surface area contributed by atoms with Crippen LogP contribution in [0.4, 0.5) is 11.5 Å². The summed E-state index contributed by atoms with van der Waals surface area (Å²) in [5, 5.41) is 7.50. The van der Waals surface area contributed by atoms with Crippen LogP contribution in [0.15, 0.2) is 36.5 Å². The molecule has 16 heavy (non-hydrogen) atoms. The third kappa shape index (κ3) is 2.76. The smallest absolute Gasteiger partial charge is 0.147 e. The zero-order valence-corrected chi connectivity index (χ0v) is 9.35. The van der Waals surface area contributed by atoms with E-state index < -0.39 is 0 Å². The standard InChI is InChI=1S/C12H16N4/c1-16-8-6-12(15-16)14-7-5-10-3-2-4-11(13)9-10/h2-4,6,8-9H,5,7,13H2,1H3,(H,14,15). The molecule has 4 nitrogen and oxygen atoms in total. The van der Waals surface area contributed by atoms with E-state index in [1.54, 1.807) is 4.68 Å². The Bertz CT molecular complexity index is 462. The number of hydrogen-bond donors (Lipinski definition) is 2. The van der Waals surface area contributed by atoms with Gasteiger partial charge in [0.25, 0.3) is 0 Å². The SMILES string of the molecule is Cn1ccc(NCCc2cccc(N)c2)n1. The number of nitrogen functional groups attached to an aromatic ring is 1. The summed E-state index contributed by atoms with van der Waals surface area (Å²) >= 11 is 0. The lowest BCUT2D eigenvalue weighted by Gasteiger charge is -2.04. The Hall–Kier alpha value is -1.97. The summed E-state index contributed by atoms with van der Waals surface area (Å²) in [4.78, 5) is 0. The van der Waals surface area contributed by atoms with E-state index in [4.69, 9.17) is 5.73 Å². The lowest BCUT2D eigenvalue weighted by Crippen LogP contribution is -2.06. The maximum Gasteiger partial charge on any atom is 0.147 e. The van der Waals surface area contributed by atoms with Gasteiger partial charge in [-0.1, -0.05) is 12.1 Å². The van der Waals surface area contributed by atoms with Crippen LogP contribution in [0.25, 0.3) is 0 Å². The highest BCUT2D eigenvalue weighted by Crippen LogP contribution is 2.07. The molecule has 0 atom stereocenters. The first-order chi connectivity index (χ1) is 7.74. The van der Waals surface area contributed by atoms with Crippen LogP contribution in [0, 0.1) is 0 Å². The van der Waals surface area contributed by atoms with E-state index in [0.29, 0.717) is 0 Å². The fourth-order valence-electron chi connectivity index (χ4n) is 1.59. The summed E-state index contributed by atoms with van der Waals surface area (Å²) in [7, 11) is 1.91. The fraction of sp³-hybridized carbons (Fsp3) is 0.250. The van der Waals surface area contributed by atoms with Crippen molar-refractivity contribution in [1.82, 2.24) is 9.78 Å². The normalized spacial score (nSPS) is 10.3. The highest BCUT2D eigenvalue weighted by molar-refractivity contribution is 5.41. The zero-order chi connectivity index (χ0) is 11.4. The fourth-order valence-corrected chi connectivity index (χ4v) is 1.59. The van der Waals surface area contributed by atoms with Gasteiger partial charge < -0.3 is 11.1 Å². The molecule has 0 spiro atoms. The molecular weight excluding hydrogens is 200 g/mol. The monoisotopic (exact) mass is 216 g/mol. The topological polar surface area (TPSA) is 55.9 Å². The molecule has 2 aromatic rings. The maximum absolute atomic E-state index is 5.71. The average Bonchev–Trinajstić information content (AvgIpc) is 2.64. The van der Waals surface area contributed by atoms with Crippen LogP contribution in [-0.2, 0) is 13.5 Å². The van der Waals surface area contributed by atoms with Crippen molar-refractivity contribution < 1.29 is 0 Å². The lowest BCUT2D eigenvalue weighted by molar-refractivity contribution is 0.768. The molecule has 0 amide bonds. The number of nitrogens with one attached hydrogen (secondary N) is 1. The summed E-state index contributed by atoms with van der Waals surface area (Å²) in [6.45, 7) is 0.862. The number of benzene rings is 1. The molecule has 2 rings (SSSR count). The molecule has 0 aliphatic rings. The van der Waals surface area contributed by atoms with Gasteiger partial charge in [-0.3, -0.25) is 4.68 Å². The number of aromatic nitrogens is 2. The second kappa shape index (κ2) is 4.70. The molecule has 0 aliphatic heterocycles. The van der Waals surface area contributed by atoms with Gasteiger partial charge in [0.05, 0.1) is 0 Å². The van der Waals surface area contributed by atoms with Gasteiger partial charge in [-0.15, -0.1) is 0 Å². The van der Waals surface area contributed by atoms with Gasteiger partial charge in [0.1, 0.15) is 5.82 Å². The van der Waals surface area contributed by atoms with Crippen molar-refractivity contribution in [2.45, 2.75) is 6.42 Å². The Balaban J connectivity index is 1.84. The summed E-state index contributed by atoms with van der Waals surface area (Å²) in [6.07, 6.45) is 2.87. The molecular formula is C12H16N4. The number of hydrogen-bond acceptors (Lipinski definition) is 3. The van der Waals surface area contributed by atoms with E-state index in [9.17, 15) is 0 Å². The van der Waals surface area contributed by atoms with E-state index in [1.807, 2.05) is 37.5 Å².